The van der Waals surface area contributed by atoms with Gasteiger partial charge in [-0.15, -0.1) is 0 Å². The molecule has 0 atom stereocenters. The Morgan fingerprint density at radius 3 is 2.07 bits per heavy atom. The third-order valence-electron chi connectivity index (χ3n) is 4.33. The van der Waals surface area contributed by atoms with Crippen molar-refractivity contribution in [2.24, 2.45) is 10.2 Å². The predicted molar refractivity (Wildman–Crippen MR) is 110 cm³/mol. The fourth-order valence-corrected chi connectivity index (χ4v) is 2.73. The summed E-state index contributed by atoms with van der Waals surface area (Å²) in [5, 5.41) is 8.47. The van der Waals surface area contributed by atoms with E-state index in [9.17, 15) is 0 Å². The zero-order valence-corrected chi connectivity index (χ0v) is 16.2. The van der Waals surface area contributed by atoms with Crippen LogP contribution >= 0.6 is 0 Å². The summed E-state index contributed by atoms with van der Waals surface area (Å²) in [5.41, 5.74) is 1.58. The number of hydrogen-bond donors (Lipinski definition) is 0. The number of benzene rings is 2. The maximum atomic E-state index is 5.80. The molecule has 0 bridgehead atoms. The molecule has 0 fully saturated rings. The molecule has 0 aliphatic heterocycles. The van der Waals surface area contributed by atoms with Gasteiger partial charge in [0.05, 0.1) is 31.4 Å². The molecule has 0 unspecified atom stereocenters. The SMILES string of the molecule is COc1ccc(N=Nc2ccc(OCCCCCCn3ccnc3)cc2)cc1. The Hall–Kier alpha value is -3.15. The molecule has 0 saturated heterocycles. The van der Waals surface area contributed by atoms with Crippen molar-refractivity contribution >= 4 is 11.4 Å². The Labute approximate surface area is 165 Å². The van der Waals surface area contributed by atoms with Crippen LogP contribution in [0.15, 0.2) is 77.5 Å². The lowest BCUT2D eigenvalue weighted by Crippen LogP contribution is -1.98. The summed E-state index contributed by atoms with van der Waals surface area (Å²) in [4.78, 5) is 4.05. The van der Waals surface area contributed by atoms with Crippen LogP contribution in [0.1, 0.15) is 25.7 Å². The number of azo groups is 1. The largest absolute Gasteiger partial charge is 0.497 e. The molecule has 0 radical (unpaired) electrons. The number of nitrogens with zero attached hydrogens (tertiary/aromatic N) is 4. The van der Waals surface area contributed by atoms with Gasteiger partial charge in [-0.25, -0.2) is 4.98 Å². The number of rotatable bonds is 11. The molecule has 3 rings (SSSR count). The first kappa shape index (κ1) is 19.6. The molecule has 6 heteroatoms. The average molecular weight is 378 g/mol. The van der Waals surface area contributed by atoms with Gasteiger partial charge in [0.25, 0.3) is 0 Å². The Morgan fingerprint density at radius 1 is 0.821 bits per heavy atom. The van der Waals surface area contributed by atoms with Gasteiger partial charge in [0.2, 0.25) is 0 Å². The number of ether oxygens (including phenoxy) is 2. The number of aromatic nitrogens is 2. The molecule has 0 aliphatic rings. The number of unbranched alkanes of at least 4 members (excludes halogenated alkanes) is 3. The molecule has 0 saturated carbocycles. The van der Waals surface area contributed by atoms with E-state index in [-0.39, 0.29) is 0 Å². The normalized spacial score (nSPS) is 11.0. The fraction of sp³-hybridized carbons (Fsp3) is 0.318. The average Bonchev–Trinajstić information content (AvgIpc) is 3.26. The molecule has 28 heavy (non-hydrogen) atoms. The lowest BCUT2D eigenvalue weighted by molar-refractivity contribution is 0.304. The summed E-state index contributed by atoms with van der Waals surface area (Å²) in [6.07, 6.45) is 10.3. The molecule has 2 aromatic carbocycles. The standard InChI is InChI=1S/C22H26N4O2/c1-27-21-10-6-19(7-11-21)24-25-20-8-12-22(13-9-20)28-17-5-3-2-4-15-26-16-14-23-18-26/h6-14,16,18H,2-5,15,17H2,1H3. The molecule has 0 amide bonds. The van der Waals surface area contributed by atoms with Crippen molar-refractivity contribution in [1.82, 2.24) is 9.55 Å². The number of methoxy groups -OCH3 is 1. The minimum absolute atomic E-state index is 0.734. The van der Waals surface area contributed by atoms with Crippen LogP contribution in [0.3, 0.4) is 0 Å². The van der Waals surface area contributed by atoms with E-state index in [4.69, 9.17) is 9.47 Å². The van der Waals surface area contributed by atoms with E-state index < -0.39 is 0 Å². The number of aryl methyl sites for hydroxylation is 1. The molecule has 0 spiro atoms. The van der Waals surface area contributed by atoms with E-state index in [1.165, 1.54) is 19.3 Å². The maximum Gasteiger partial charge on any atom is 0.119 e. The minimum atomic E-state index is 0.734. The van der Waals surface area contributed by atoms with Crippen LogP contribution in [0.2, 0.25) is 0 Å². The van der Waals surface area contributed by atoms with E-state index in [1.807, 2.05) is 67.3 Å². The highest BCUT2D eigenvalue weighted by Gasteiger charge is 1.97. The van der Waals surface area contributed by atoms with Crippen molar-refractivity contribution in [3.8, 4) is 11.5 Å². The summed E-state index contributed by atoms with van der Waals surface area (Å²) in [6.45, 7) is 1.77. The second-order valence-electron chi connectivity index (χ2n) is 6.46. The van der Waals surface area contributed by atoms with Gasteiger partial charge >= 0.3 is 0 Å². The van der Waals surface area contributed by atoms with Crippen molar-refractivity contribution in [1.29, 1.82) is 0 Å². The molecule has 1 aromatic heterocycles. The smallest absolute Gasteiger partial charge is 0.119 e. The monoisotopic (exact) mass is 378 g/mol. The first-order valence-corrected chi connectivity index (χ1v) is 9.58. The van der Waals surface area contributed by atoms with Crippen molar-refractivity contribution < 1.29 is 9.47 Å². The molecule has 6 nitrogen and oxygen atoms in total. The Bertz CT molecular complexity index is 828. The zero-order chi connectivity index (χ0) is 19.4. The summed E-state index contributed by atoms with van der Waals surface area (Å²) in [6, 6.07) is 15.2. The molecule has 1 heterocycles. The van der Waals surface area contributed by atoms with Crippen molar-refractivity contribution in [3.05, 3.63) is 67.3 Å². The van der Waals surface area contributed by atoms with E-state index in [1.54, 1.807) is 7.11 Å². The van der Waals surface area contributed by atoms with E-state index in [2.05, 4.69) is 19.8 Å². The van der Waals surface area contributed by atoms with Gasteiger partial charge in [0.15, 0.2) is 0 Å². The third-order valence-corrected chi connectivity index (χ3v) is 4.33. The fourth-order valence-electron chi connectivity index (χ4n) is 2.73. The molecular formula is C22H26N4O2. The topological polar surface area (TPSA) is 61.0 Å². The lowest BCUT2D eigenvalue weighted by atomic mass is 10.2. The van der Waals surface area contributed by atoms with Crippen LogP contribution in [0, 0.1) is 0 Å². The van der Waals surface area contributed by atoms with E-state index in [0.717, 1.165) is 42.4 Å². The molecule has 146 valence electrons. The van der Waals surface area contributed by atoms with Gasteiger partial charge in [-0.1, -0.05) is 12.8 Å². The number of hydrogen-bond acceptors (Lipinski definition) is 5. The lowest BCUT2D eigenvalue weighted by Gasteiger charge is -2.06. The van der Waals surface area contributed by atoms with Crippen molar-refractivity contribution in [3.63, 3.8) is 0 Å². The molecular weight excluding hydrogens is 352 g/mol. The quantitative estimate of drug-likeness (QED) is 0.306. The second kappa shape index (κ2) is 10.9. The first-order chi connectivity index (χ1) is 13.8. The minimum Gasteiger partial charge on any atom is -0.497 e. The highest BCUT2D eigenvalue weighted by atomic mass is 16.5. The highest BCUT2D eigenvalue weighted by Crippen LogP contribution is 2.23. The highest BCUT2D eigenvalue weighted by molar-refractivity contribution is 5.44. The van der Waals surface area contributed by atoms with Gasteiger partial charge < -0.3 is 14.0 Å². The van der Waals surface area contributed by atoms with Crippen LogP contribution < -0.4 is 9.47 Å². The van der Waals surface area contributed by atoms with Crippen LogP contribution in [0.5, 0.6) is 11.5 Å². The van der Waals surface area contributed by atoms with Gasteiger partial charge in [0, 0.05) is 18.9 Å². The summed E-state index contributed by atoms with van der Waals surface area (Å²) in [7, 11) is 1.64. The predicted octanol–water partition coefficient (Wildman–Crippen LogP) is 5.95. The van der Waals surface area contributed by atoms with E-state index in [0.29, 0.717) is 0 Å². The van der Waals surface area contributed by atoms with Crippen LogP contribution in [-0.2, 0) is 6.54 Å². The second-order valence-corrected chi connectivity index (χ2v) is 6.46. The Morgan fingerprint density at radius 2 is 1.46 bits per heavy atom. The zero-order valence-electron chi connectivity index (χ0n) is 16.2. The number of imidazole rings is 1. The Kier molecular flexibility index (Phi) is 7.61. The van der Waals surface area contributed by atoms with Gasteiger partial charge in [-0.3, -0.25) is 0 Å². The van der Waals surface area contributed by atoms with Crippen molar-refractivity contribution in [2.75, 3.05) is 13.7 Å². The molecule has 0 aliphatic carbocycles. The van der Waals surface area contributed by atoms with Gasteiger partial charge in [-0.05, 0) is 61.4 Å². The van der Waals surface area contributed by atoms with Gasteiger partial charge in [-0.2, -0.15) is 10.2 Å². The van der Waals surface area contributed by atoms with Crippen LogP contribution in [0.4, 0.5) is 11.4 Å². The third kappa shape index (κ3) is 6.54. The van der Waals surface area contributed by atoms with Crippen molar-refractivity contribution in [2.45, 2.75) is 32.2 Å². The molecule has 0 N–H and O–H groups in total. The first-order valence-electron chi connectivity index (χ1n) is 9.58. The van der Waals surface area contributed by atoms with Crippen LogP contribution in [-0.4, -0.2) is 23.3 Å². The summed E-state index contributed by atoms with van der Waals surface area (Å²) >= 11 is 0. The summed E-state index contributed by atoms with van der Waals surface area (Å²) in [5.74, 6) is 1.67. The summed E-state index contributed by atoms with van der Waals surface area (Å²) < 4.78 is 13.0. The van der Waals surface area contributed by atoms with E-state index >= 15 is 0 Å². The van der Waals surface area contributed by atoms with Gasteiger partial charge in [0.1, 0.15) is 11.5 Å². The Balaban J connectivity index is 1.33. The van der Waals surface area contributed by atoms with Crippen LogP contribution in [0.25, 0.3) is 0 Å². The molecule has 3 aromatic rings. The maximum absolute atomic E-state index is 5.80.